The van der Waals surface area contributed by atoms with Gasteiger partial charge in [0.2, 0.25) is 10.0 Å². The lowest BCUT2D eigenvalue weighted by Crippen LogP contribution is -2.38. The average Bonchev–Trinajstić information content (AvgIpc) is 2.51. The number of nitriles is 1. The lowest BCUT2D eigenvalue weighted by Gasteiger charge is -2.21. The molecule has 0 aromatic heterocycles. The van der Waals surface area contributed by atoms with E-state index in [2.05, 4.69) is 0 Å². The first-order valence-corrected chi connectivity index (χ1v) is 6.16. The number of sulfonamides is 1. The quantitative estimate of drug-likeness (QED) is 0.722. The SMILES string of the molecule is N#CCS(=O)(=O)N1CCCC1CC(=O)O. The third-order valence-corrected chi connectivity index (χ3v) is 4.03. The van der Waals surface area contributed by atoms with Gasteiger partial charge in [0, 0.05) is 12.6 Å². The van der Waals surface area contributed by atoms with Gasteiger partial charge in [-0.1, -0.05) is 0 Å². The second-order valence-corrected chi connectivity index (χ2v) is 5.34. The Morgan fingerprint density at radius 3 is 2.80 bits per heavy atom. The smallest absolute Gasteiger partial charge is 0.304 e. The Bertz CT molecular complexity index is 384. The molecule has 1 heterocycles. The third kappa shape index (κ3) is 2.91. The molecule has 0 amide bonds. The zero-order chi connectivity index (χ0) is 11.5. The fourth-order valence-corrected chi connectivity index (χ4v) is 3.12. The predicted octanol–water partition coefficient (Wildman–Crippen LogP) is -0.221. The molecule has 1 saturated heterocycles. The van der Waals surface area contributed by atoms with E-state index < -0.39 is 27.8 Å². The lowest BCUT2D eigenvalue weighted by molar-refractivity contribution is -0.137. The van der Waals surface area contributed by atoms with E-state index in [0.717, 1.165) is 4.31 Å². The van der Waals surface area contributed by atoms with Gasteiger partial charge >= 0.3 is 5.97 Å². The summed E-state index contributed by atoms with van der Waals surface area (Å²) in [6.45, 7) is 0.321. The van der Waals surface area contributed by atoms with Crippen LogP contribution in [0.25, 0.3) is 0 Å². The van der Waals surface area contributed by atoms with Crippen molar-refractivity contribution in [3.05, 3.63) is 0 Å². The molecular formula is C8H12N2O4S. The molecule has 0 aliphatic carbocycles. The first-order valence-electron chi connectivity index (χ1n) is 4.55. The molecule has 1 rings (SSSR count). The van der Waals surface area contributed by atoms with Gasteiger partial charge in [-0.3, -0.25) is 4.79 Å². The molecular weight excluding hydrogens is 220 g/mol. The van der Waals surface area contributed by atoms with Crippen LogP contribution in [0.3, 0.4) is 0 Å². The van der Waals surface area contributed by atoms with Crippen LogP contribution in [0.15, 0.2) is 0 Å². The van der Waals surface area contributed by atoms with Crippen LogP contribution < -0.4 is 0 Å². The maximum atomic E-state index is 11.5. The Kier molecular flexibility index (Phi) is 3.66. The summed E-state index contributed by atoms with van der Waals surface area (Å²) in [5.74, 6) is -1.60. The molecule has 1 atom stereocenters. The van der Waals surface area contributed by atoms with Crippen molar-refractivity contribution in [2.45, 2.75) is 25.3 Å². The first-order chi connectivity index (χ1) is 6.97. The van der Waals surface area contributed by atoms with E-state index in [1.165, 1.54) is 0 Å². The Balaban J connectivity index is 2.77. The molecule has 0 bridgehead atoms. The van der Waals surface area contributed by atoms with Crippen LogP contribution in [0.1, 0.15) is 19.3 Å². The molecule has 0 aromatic carbocycles. The summed E-state index contributed by atoms with van der Waals surface area (Å²) in [5, 5.41) is 17.0. The van der Waals surface area contributed by atoms with Crippen LogP contribution in [-0.2, 0) is 14.8 Å². The maximum absolute atomic E-state index is 11.5. The zero-order valence-electron chi connectivity index (χ0n) is 8.09. The standard InChI is InChI=1S/C8H12N2O4S/c9-3-5-15(13,14)10-4-1-2-7(10)6-8(11)12/h7H,1-2,4-6H2,(H,11,12). The fourth-order valence-electron chi connectivity index (χ4n) is 1.75. The number of carboxylic acids is 1. The summed E-state index contributed by atoms with van der Waals surface area (Å²) in [5.41, 5.74) is 0. The molecule has 1 fully saturated rings. The largest absolute Gasteiger partial charge is 0.481 e. The second kappa shape index (κ2) is 4.59. The number of hydrogen-bond donors (Lipinski definition) is 1. The van der Waals surface area contributed by atoms with Crippen LogP contribution >= 0.6 is 0 Å². The molecule has 0 saturated carbocycles. The topological polar surface area (TPSA) is 98.5 Å². The van der Waals surface area contributed by atoms with Crippen molar-refractivity contribution >= 4 is 16.0 Å². The highest BCUT2D eigenvalue weighted by molar-refractivity contribution is 7.89. The Morgan fingerprint density at radius 1 is 1.60 bits per heavy atom. The summed E-state index contributed by atoms with van der Waals surface area (Å²) in [7, 11) is -3.60. The molecule has 84 valence electrons. The molecule has 0 spiro atoms. The number of rotatable bonds is 4. The minimum Gasteiger partial charge on any atom is -0.481 e. The van der Waals surface area contributed by atoms with Gasteiger partial charge in [0.15, 0.2) is 5.75 Å². The molecule has 1 aliphatic rings. The molecule has 6 nitrogen and oxygen atoms in total. The monoisotopic (exact) mass is 232 g/mol. The third-order valence-electron chi connectivity index (χ3n) is 2.34. The molecule has 0 radical (unpaired) electrons. The van der Waals surface area contributed by atoms with Crippen molar-refractivity contribution in [3.63, 3.8) is 0 Å². The van der Waals surface area contributed by atoms with Crippen LogP contribution in [-0.4, -0.2) is 42.1 Å². The average molecular weight is 232 g/mol. The molecule has 15 heavy (non-hydrogen) atoms. The van der Waals surface area contributed by atoms with Gasteiger partial charge in [-0.05, 0) is 12.8 Å². The van der Waals surface area contributed by atoms with E-state index >= 15 is 0 Å². The van der Waals surface area contributed by atoms with Crippen molar-refractivity contribution in [1.29, 1.82) is 5.26 Å². The first kappa shape index (κ1) is 11.9. The highest BCUT2D eigenvalue weighted by atomic mass is 32.2. The predicted molar refractivity (Wildman–Crippen MR) is 51.4 cm³/mol. The van der Waals surface area contributed by atoms with E-state index in [1.54, 1.807) is 6.07 Å². The van der Waals surface area contributed by atoms with E-state index in [1.807, 2.05) is 0 Å². The number of carbonyl (C=O) groups is 1. The van der Waals surface area contributed by atoms with Gasteiger partial charge in [0.25, 0.3) is 0 Å². The number of carboxylic acid groups (broad SMARTS) is 1. The molecule has 0 aromatic rings. The highest BCUT2D eigenvalue weighted by Gasteiger charge is 2.34. The van der Waals surface area contributed by atoms with Crippen molar-refractivity contribution < 1.29 is 18.3 Å². The van der Waals surface area contributed by atoms with E-state index in [4.69, 9.17) is 10.4 Å². The zero-order valence-corrected chi connectivity index (χ0v) is 8.90. The van der Waals surface area contributed by atoms with E-state index in [-0.39, 0.29) is 6.42 Å². The van der Waals surface area contributed by atoms with Crippen LogP contribution in [0.5, 0.6) is 0 Å². The van der Waals surface area contributed by atoms with Crippen molar-refractivity contribution in [3.8, 4) is 6.07 Å². The fraction of sp³-hybridized carbons (Fsp3) is 0.750. The number of nitrogens with zero attached hydrogens (tertiary/aromatic N) is 2. The van der Waals surface area contributed by atoms with Gasteiger partial charge in [-0.2, -0.15) is 9.57 Å². The van der Waals surface area contributed by atoms with Crippen LogP contribution in [0.4, 0.5) is 0 Å². The summed E-state index contributed by atoms with van der Waals surface area (Å²) in [4.78, 5) is 10.5. The molecule has 1 unspecified atom stereocenters. The Hall–Kier alpha value is -1.13. The molecule has 1 aliphatic heterocycles. The Morgan fingerprint density at radius 2 is 2.27 bits per heavy atom. The minimum absolute atomic E-state index is 0.190. The van der Waals surface area contributed by atoms with Crippen LogP contribution in [0, 0.1) is 11.3 Å². The number of hydrogen-bond acceptors (Lipinski definition) is 4. The van der Waals surface area contributed by atoms with Gasteiger partial charge in [-0.25, -0.2) is 8.42 Å². The van der Waals surface area contributed by atoms with Crippen LogP contribution in [0.2, 0.25) is 0 Å². The van der Waals surface area contributed by atoms with Crippen molar-refractivity contribution in [2.75, 3.05) is 12.3 Å². The van der Waals surface area contributed by atoms with E-state index in [0.29, 0.717) is 19.4 Å². The normalized spacial score (nSPS) is 22.5. The van der Waals surface area contributed by atoms with Gasteiger partial charge in [0.1, 0.15) is 0 Å². The lowest BCUT2D eigenvalue weighted by atomic mass is 10.2. The maximum Gasteiger partial charge on any atom is 0.304 e. The summed E-state index contributed by atoms with van der Waals surface area (Å²) >= 11 is 0. The highest BCUT2D eigenvalue weighted by Crippen LogP contribution is 2.23. The summed E-state index contributed by atoms with van der Waals surface area (Å²) < 4.78 is 24.2. The second-order valence-electron chi connectivity index (χ2n) is 3.42. The summed E-state index contributed by atoms with van der Waals surface area (Å²) in [6.07, 6.45) is 1.02. The van der Waals surface area contributed by atoms with Gasteiger partial charge in [-0.15, -0.1) is 0 Å². The summed E-state index contributed by atoms with van der Waals surface area (Å²) in [6, 6.07) is 1.10. The van der Waals surface area contributed by atoms with Crippen molar-refractivity contribution in [1.82, 2.24) is 4.31 Å². The number of aliphatic carboxylic acids is 1. The Labute approximate surface area is 88.2 Å². The van der Waals surface area contributed by atoms with E-state index in [9.17, 15) is 13.2 Å². The van der Waals surface area contributed by atoms with Gasteiger partial charge in [0.05, 0.1) is 12.5 Å². The van der Waals surface area contributed by atoms with Gasteiger partial charge < -0.3 is 5.11 Å². The molecule has 7 heteroatoms. The minimum atomic E-state index is -3.60. The molecule has 1 N–H and O–H groups in total. The van der Waals surface area contributed by atoms with Crippen molar-refractivity contribution in [2.24, 2.45) is 0 Å².